The van der Waals surface area contributed by atoms with Crippen LogP contribution in [-0.2, 0) is 5.75 Å². The first-order valence-electron chi connectivity index (χ1n) is 6.71. The molecule has 17 heavy (non-hydrogen) atoms. The molecule has 3 rings (SSSR count). The van der Waals surface area contributed by atoms with Gasteiger partial charge in [-0.25, -0.2) is 4.98 Å². The van der Waals surface area contributed by atoms with Crippen LogP contribution >= 0.6 is 23.1 Å². The summed E-state index contributed by atoms with van der Waals surface area (Å²) in [4.78, 5) is 4.79. The lowest BCUT2D eigenvalue weighted by Crippen LogP contribution is -2.13. The van der Waals surface area contributed by atoms with Gasteiger partial charge in [-0.15, -0.1) is 11.3 Å². The van der Waals surface area contributed by atoms with E-state index in [0.717, 1.165) is 17.5 Å². The van der Waals surface area contributed by atoms with Crippen molar-refractivity contribution in [2.45, 2.75) is 55.6 Å². The van der Waals surface area contributed by atoms with Gasteiger partial charge in [0.2, 0.25) is 0 Å². The summed E-state index contributed by atoms with van der Waals surface area (Å²) in [6.07, 6.45) is 8.28. The van der Waals surface area contributed by atoms with Crippen molar-refractivity contribution in [1.29, 1.82) is 0 Å². The van der Waals surface area contributed by atoms with E-state index < -0.39 is 0 Å². The molecule has 1 saturated carbocycles. The summed E-state index contributed by atoms with van der Waals surface area (Å²) < 4.78 is 0. The fourth-order valence-corrected chi connectivity index (χ4v) is 4.95. The van der Waals surface area contributed by atoms with E-state index in [9.17, 15) is 0 Å². The average Bonchev–Trinajstić information content (AvgIpc) is 3.09. The first-order valence-corrected chi connectivity index (χ1v) is 8.64. The quantitative estimate of drug-likeness (QED) is 0.900. The van der Waals surface area contributed by atoms with Crippen LogP contribution in [0, 0.1) is 0 Å². The Hall–Kier alpha value is -0.0600. The number of hydrogen-bond acceptors (Lipinski definition) is 4. The maximum Gasteiger partial charge on any atom is 0.103 e. The minimum absolute atomic E-state index is 0.538. The summed E-state index contributed by atoms with van der Waals surface area (Å²) in [5.74, 6) is 1.13. The lowest BCUT2D eigenvalue weighted by molar-refractivity contribution is 0.630. The molecule has 2 aliphatic rings. The molecule has 1 aliphatic heterocycles. The maximum atomic E-state index is 4.79. The fourth-order valence-electron chi connectivity index (χ4n) is 2.73. The van der Waals surface area contributed by atoms with Crippen LogP contribution in [0.3, 0.4) is 0 Å². The fraction of sp³-hybridized carbons (Fsp3) is 0.769. The van der Waals surface area contributed by atoms with Crippen molar-refractivity contribution >= 4 is 23.1 Å². The molecular weight excluding hydrogens is 248 g/mol. The molecule has 0 radical (unpaired) electrons. The maximum absolute atomic E-state index is 4.79. The van der Waals surface area contributed by atoms with Gasteiger partial charge in [0.05, 0.1) is 11.7 Å². The van der Waals surface area contributed by atoms with E-state index in [2.05, 4.69) is 22.5 Å². The van der Waals surface area contributed by atoms with Crippen LogP contribution in [0.2, 0.25) is 0 Å². The van der Waals surface area contributed by atoms with Crippen molar-refractivity contribution < 1.29 is 0 Å². The molecule has 1 aliphatic carbocycles. The van der Waals surface area contributed by atoms with Crippen LogP contribution in [0.25, 0.3) is 0 Å². The summed E-state index contributed by atoms with van der Waals surface area (Å²) >= 11 is 3.97. The lowest BCUT2D eigenvalue weighted by atomic mass is 10.2. The number of thioether (sulfide) groups is 1. The molecule has 0 unspecified atom stereocenters. The molecule has 0 bridgehead atoms. The first kappa shape index (κ1) is 12.0. The van der Waals surface area contributed by atoms with Crippen molar-refractivity contribution in [2.24, 2.45) is 0 Å². The van der Waals surface area contributed by atoms with Gasteiger partial charge in [0, 0.05) is 16.4 Å². The monoisotopic (exact) mass is 268 g/mol. The summed E-state index contributed by atoms with van der Waals surface area (Å²) in [7, 11) is 0. The molecule has 94 valence electrons. The molecule has 1 N–H and O–H groups in total. The van der Waals surface area contributed by atoms with Gasteiger partial charge in [0.1, 0.15) is 5.01 Å². The third-order valence-corrected chi connectivity index (χ3v) is 6.16. The highest BCUT2D eigenvalue weighted by atomic mass is 32.2. The second-order valence-corrected chi connectivity index (χ2v) is 7.26. The van der Waals surface area contributed by atoms with Gasteiger partial charge in [-0.05, 0) is 32.2 Å². The topological polar surface area (TPSA) is 24.9 Å². The van der Waals surface area contributed by atoms with Gasteiger partial charge in [-0.2, -0.15) is 11.8 Å². The van der Waals surface area contributed by atoms with Gasteiger partial charge in [0.15, 0.2) is 0 Å². The lowest BCUT2D eigenvalue weighted by Gasteiger charge is -2.07. The van der Waals surface area contributed by atoms with Crippen molar-refractivity contribution in [3.05, 3.63) is 16.1 Å². The smallest absolute Gasteiger partial charge is 0.103 e. The van der Waals surface area contributed by atoms with E-state index in [0.29, 0.717) is 6.04 Å². The van der Waals surface area contributed by atoms with Gasteiger partial charge < -0.3 is 5.32 Å². The van der Waals surface area contributed by atoms with Crippen LogP contribution in [0.4, 0.5) is 0 Å². The molecule has 1 aromatic heterocycles. The van der Waals surface area contributed by atoms with Gasteiger partial charge >= 0.3 is 0 Å². The molecule has 2 nitrogen and oxygen atoms in total. The molecule has 4 heteroatoms. The van der Waals surface area contributed by atoms with E-state index in [-0.39, 0.29) is 0 Å². The molecule has 2 heterocycles. The molecule has 1 atom stereocenters. The van der Waals surface area contributed by atoms with E-state index in [1.54, 1.807) is 0 Å². The molecule has 0 amide bonds. The zero-order valence-corrected chi connectivity index (χ0v) is 11.8. The highest BCUT2D eigenvalue weighted by molar-refractivity contribution is 7.99. The van der Waals surface area contributed by atoms with Crippen molar-refractivity contribution in [3.63, 3.8) is 0 Å². The summed E-state index contributed by atoms with van der Waals surface area (Å²) in [5.41, 5.74) is 1.29. The number of rotatable bonds is 4. The van der Waals surface area contributed by atoms with E-state index in [1.807, 2.05) is 11.3 Å². The minimum Gasteiger partial charge on any atom is -0.309 e. The number of nitrogens with one attached hydrogen (secondary N) is 1. The molecular formula is C13H20N2S2. The number of aromatic nitrogens is 1. The molecule has 0 aromatic carbocycles. The van der Waals surface area contributed by atoms with Crippen LogP contribution in [0.1, 0.15) is 55.3 Å². The summed E-state index contributed by atoms with van der Waals surface area (Å²) in [6.45, 7) is 1.16. The minimum atomic E-state index is 0.538. The van der Waals surface area contributed by atoms with Crippen LogP contribution in [-0.4, -0.2) is 16.8 Å². The second-order valence-electron chi connectivity index (χ2n) is 5.03. The van der Waals surface area contributed by atoms with E-state index in [1.165, 1.54) is 49.2 Å². The first-order chi connectivity index (χ1) is 8.42. The summed E-state index contributed by atoms with van der Waals surface area (Å²) in [6, 6.07) is 0.538. The third kappa shape index (κ3) is 3.04. The van der Waals surface area contributed by atoms with Gasteiger partial charge in [-0.1, -0.05) is 12.8 Å². The van der Waals surface area contributed by atoms with Crippen molar-refractivity contribution in [1.82, 2.24) is 10.3 Å². The van der Waals surface area contributed by atoms with E-state index >= 15 is 0 Å². The standard InChI is InChI=1S/C13H20N2S2/c1-2-5-10(4-1)16-9-13-15-12(8-17-13)11-6-3-7-14-11/h8,10-11,14H,1-7,9H2/t11-/m0/s1. The number of hydrogen-bond donors (Lipinski definition) is 1. The number of thiazole rings is 1. The van der Waals surface area contributed by atoms with Gasteiger partial charge in [-0.3, -0.25) is 0 Å². The van der Waals surface area contributed by atoms with Gasteiger partial charge in [0.25, 0.3) is 0 Å². The largest absolute Gasteiger partial charge is 0.309 e. The van der Waals surface area contributed by atoms with E-state index in [4.69, 9.17) is 4.98 Å². The van der Waals surface area contributed by atoms with Crippen molar-refractivity contribution in [3.8, 4) is 0 Å². The van der Waals surface area contributed by atoms with Crippen LogP contribution in [0.5, 0.6) is 0 Å². The Kier molecular flexibility index (Phi) is 4.04. The SMILES string of the molecule is c1sc(CSC2CCCC2)nc1[C@@H]1CCCN1. The summed E-state index contributed by atoms with van der Waals surface area (Å²) in [5, 5.41) is 8.01. The third-order valence-electron chi connectivity index (χ3n) is 3.73. The number of nitrogens with zero attached hydrogens (tertiary/aromatic N) is 1. The molecule has 1 aromatic rings. The Morgan fingerprint density at radius 2 is 2.18 bits per heavy atom. The Bertz CT molecular complexity index is 352. The average molecular weight is 268 g/mol. The molecule has 0 spiro atoms. The zero-order chi connectivity index (χ0) is 11.5. The zero-order valence-electron chi connectivity index (χ0n) is 10.2. The Morgan fingerprint density at radius 1 is 1.29 bits per heavy atom. The van der Waals surface area contributed by atoms with Crippen molar-refractivity contribution in [2.75, 3.05) is 6.54 Å². The normalized spacial score (nSPS) is 25.8. The molecule has 1 saturated heterocycles. The highest BCUT2D eigenvalue weighted by Gasteiger charge is 2.20. The van der Waals surface area contributed by atoms with Crippen LogP contribution < -0.4 is 5.32 Å². The Balaban J connectivity index is 1.52. The Morgan fingerprint density at radius 3 is 2.94 bits per heavy atom. The second kappa shape index (κ2) is 5.72. The Labute approximate surface area is 112 Å². The predicted molar refractivity (Wildman–Crippen MR) is 75.6 cm³/mol. The predicted octanol–water partition coefficient (Wildman–Crippen LogP) is 3.74. The molecule has 2 fully saturated rings. The highest BCUT2D eigenvalue weighted by Crippen LogP contribution is 2.33. The van der Waals surface area contributed by atoms with Crippen LogP contribution in [0.15, 0.2) is 5.38 Å².